The number of nitrogens with one attached hydrogen (secondary N) is 1. The summed E-state index contributed by atoms with van der Waals surface area (Å²) in [6.07, 6.45) is 4.04. The van der Waals surface area contributed by atoms with Gasteiger partial charge in [0.05, 0.1) is 24.3 Å². The van der Waals surface area contributed by atoms with Crippen molar-refractivity contribution in [3.8, 4) is 11.3 Å². The highest BCUT2D eigenvalue weighted by molar-refractivity contribution is 5.89. The number of benzene rings is 1. The van der Waals surface area contributed by atoms with Gasteiger partial charge in [0.25, 0.3) is 0 Å². The molecule has 10 heteroatoms. The molecule has 6 rings (SSSR count). The van der Waals surface area contributed by atoms with Crippen LogP contribution in [0.25, 0.3) is 22.3 Å². The van der Waals surface area contributed by atoms with E-state index in [4.69, 9.17) is 4.98 Å². The maximum absolute atomic E-state index is 14.5. The first-order valence-electron chi connectivity index (χ1n) is 11.3. The summed E-state index contributed by atoms with van der Waals surface area (Å²) in [6.45, 7) is 2.82. The minimum Gasteiger partial charge on any atom is -0.346 e. The van der Waals surface area contributed by atoms with Crippen molar-refractivity contribution in [3.05, 3.63) is 66.3 Å². The van der Waals surface area contributed by atoms with E-state index in [1.54, 1.807) is 23.2 Å². The molecule has 1 N–H and O–H groups in total. The molecule has 34 heavy (non-hydrogen) atoms. The van der Waals surface area contributed by atoms with Crippen LogP contribution in [-0.4, -0.2) is 50.5 Å². The Morgan fingerprint density at radius 3 is 2.79 bits per heavy atom. The number of pyridine rings is 1. The van der Waals surface area contributed by atoms with E-state index >= 15 is 0 Å². The number of rotatable bonds is 5. The smallest absolute Gasteiger partial charge is 0.130 e. The van der Waals surface area contributed by atoms with Gasteiger partial charge in [-0.1, -0.05) is 0 Å². The zero-order valence-corrected chi connectivity index (χ0v) is 18.2. The number of aromatic nitrogens is 5. The second-order valence-corrected chi connectivity index (χ2v) is 8.90. The van der Waals surface area contributed by atoms with Gasteiger partial charge in [-0.25, -0.2) is 28.1 Å². The zero-order valence-electron chi connectivity index (χ0n) is 18.2. The predicted octanol–water partition coefficient (Wildman–Crippen LogP) is 3.68. The maximum Gasteiger partial charge on any atom is 0.130 e. The van der Waals surface area contributed by atoms with E-state index in [2.05, 4.69) is 20.4 Å². The van der Waals surface area contributed by atoms with Crippen molar-refractivity contribution >= 4 is 16.9 Å². The Morgan fingerprint density at radius 2 is 1.97 bits per heavy atom. The first-order chi connectivity index (χ1) is 16.5. The molecule has 2 fully saturated rings. The van der Waals surface area contributed by atoms with Crippen molar-refractivity contribution in [3.63, 3.8) is 0 Å². The standard InChI is InChI=1S/C24H22F3N7/c25-16-1-2-19(27)18(5-16)21-6-17(26)12-34(21)22-4-3-20-24(32-22)23(30-13-29-20)15-9-31-33(11-15)10-14-7-28-8-14/h1-5,9,11,13-14,17,21,28H,6-8,10,12H2/t17-,21+/m0/s1. The van der Waals surface area contributed by atoms with Crippen LogP contribution in [0.3, 0.4) is 0 Å². The van der Waals surface area contributed by atoms with Crippen LogP contribution in [0.1, 0.15) is 18.0 Å². The number of hydrogen-bond donors (Lipinski definition) is 1. The number of halogens is 3. The van der Waals surface area contributed by atoms with Gasteiger partial charge in [-0.05, 0) is 30.3 Å². The molecular weight excluding hydrogens is 443 g/mol. The molecule has 0 unspecified atom stereocenters. The van der Waals surface area contributed by atoms with Crippen LogP contribution in [0.4, 0.5) is 19.0 Å². The van der Waals surface area contributed by atoms with Gasteiger partial charge in [0, 0.05) is 49.3 Å². The molecule has 0 aliphatic carbocycles. The highest BCUT2D eigenvalue weighted by Gasteiger charge is 2.36. The van der Waals surface area contributed by atoms with Crippen molar-refractivity contribution in [1.29, 1.82) is 0 Å². The van der Waals surface area contributed by atoms with Gasteiger partial charge in [-0.15, -0.1) is 0 Å². The monoisotopic (exact) mass is 465 g/mol. The number of fused-ring (bicyclic) bond motifs is 1. The van der Waals surface area contributed by atoms with Crippen molar-refractivity contribution in [1.82, 2.24) is 30.0 Å². The third-order valence-electron chi connectivity index (χ3n) is 6.55. The molecule has 0 bridgehead atoms. The lowest BCUT2D eigenvalue weighted by atomic mass is 10.0. The van der Waals surface area contributed by atoms with Gasteiger partial charge < -0.3 is 10.2 Å². The van der Waals surface area contributed by atoms with Crippen molar-refractivity contribution in [2.75, 3.05) is 24.5 Å². The Bertz CT molecular complexity index is 1350. The molecule has 2 atom stereocenters. The quantitative estimate of drug-likeness (QED) is 0.485. The average Bonchev–Trinajstić information content (AvgIpc) is 3.44. The zero-order chi connectivity index (χ0) is 23.2. The molecule has 2 saturated heterocycles. The van der Waals surface area contributed by atoms with Gasteiger partial charge >= 0.3 is 0 Å². The van der Waals surface area contributed by atoms with Crippen LogP contribution in [0, 0.1) is 17.6 Å². The van der Waals surface area contributed by atoms with Crippen molar-refractivity contribution in [2.24, 2.45) is 5.92 Å². The Kier molecular flexibility index (Phi) is 5.17. The third kappa shape index (κ3) is 3.77. The largest absolute Gasteiger partial charge is 0.346 e. The minimum atomic E-state index is -1.18. The Labute approximate surface area is 193 Å². The number of anilines is 1. The third-order valence-corrected chi connectivity index (χ3v) is 6.55. The Morgan fingerprint density at radius 1 is 1.09 bits per heavy atom. The fourth-order valence-corrected chi connectivity index (χ4v) is 4.73. The topological polar surface area (TPSA) is 71.8 Å². The van der Waals surface area contributed by atoms with Gasteiger partial charge in [0.2, 0.25) is 0 Å². The summed E-state index contributed by atoms with van der Waals surface area (Å²) in [5, 5.41) is 7.72. The fraction of sp³-hybridized carbons (Fsp3) is 0.333. The molecular formula is C24H22F3N7. The summed E-state index contributed by atoms with van der Waals surface area (Å²) in [6, 6.07) is 6.12. The van der Waals surface area contributed by atoms with Gasteiger partial charge in [-0.2, -0.15) is 5.10 Å². The lowest BCUT2D eigenvalue weighted by Crippen LogP contribution is -2.44. The van der Waals surface area contributed by atoms with Gasteiger partial charge in [0.1, 0.15) is 41.2 Å². The molecule has 7 nitrogen and oxygen atoms in total. The van der Waals surface area contributed by atoms with Crippen LogP contribution in [-0.2, 0) is 6.54 Å². The number of hydrogen-bond acceptors (Lipinski definition) is 6. The first kappa shape index (κ1) is 21.0. The van der Waals surface area contributed by atoms with E-state index in [0.717, 1.165) is 43.4 Å². The number of nitrogens with zero attached hydrogens (tertiary/aromatic N) is 6. The summed E-state index contributed by atoms with van der Waals surface area (Å²) in [5.41, 5.74) is 2.73. The normalized spacial score (nSPS) is 20.7. The maximum atomic E-state index is 14.5. The van der Waals surface area contributed by atoms with Crippen LogP contribution < -0.4 is 10.2 Å². The summed E-state index contributed by atoms with van der Waals surface area (Å²) < 4.78 is 44.8. The van der Waals surface area contributed by atoms with Crippen LogP contribution in [0.5, 0.6) is 0 Å². The van der Waals surface area contributed by atoms with Crippen LogP contribution >= 0.6 is 0 Å². The lowest BCUT2D eigenvalue weighted by Gasteiger charge is -2.26. The molecule has 0 amide bonds. The van der Waals surface area contributed by atoms with E-state index in [9.17, 15) is 13.2 Å². The molecule has 2 aliphatic heterocycles. The summed E-state index contributed by atoms with van der Waals surface area (Å²) in [4.78, 5) is 15.2. The molecule has 4 aromatic rings. The second kappa shape index (κ2) is 8.35. The van der Waals surface area contributed by atoms with E-state index in [1.165, 1.54) is 6.33 Å². The summed E-state index contributed by atoms with van der Waals surface area (Å²) >= 11 is 0. The Hall–Kier alpha value is -3.53. The molecule has 2 aliphatic rings. The average molecular weight is 465 g/mol. The van der Waals surface area contributed by atoms with E-state index in [1.807, 2.05) is 10.9 Å². The highest BCUT2D eigenvalue weighted by atomic mass is 19.1. The lowest BCUT2D eigenvalue weighted by molar-refractivity contribution is 0.295. The molecule has 5 heterocycles. The second-order valence-electron chi connectivity index (χ2n) is 8.90. The SMILES string of the molecule is Fc1ccc(F)c([C@H]2C[C@H](F)CN2c2ccc3ncnc(-c4cnn(CC5CNC5)c4)c3n2)c1. The fourth-order valence-electron chi connectivity index (χ4n) is 4.73. The minimum absolute atomic E-state index is 0.0372. The number of alkyl halides is 1. The van der Waals surface area contributed by atoms with E-state index in [-0.39, 0.29) is 18.5 Å². The summed E-state index contributed by atoms with van der Waals surface area (Å²) in [5.74, 6) is -0.103. The first-order valence-corrected chi connectivity index (χ1v) is 11.3. The highest BCUT2D eigenvalue weighted by Crippen LogP contribution is 2.39. The van der Waals surface area contributed by atoms with Crippen LogP contribution in [0.2, 0.25) is 0 Å². The predicted molar refractivity (Wildman–Crippen MR) is 121 cm³/mol. The van der Waals surface area contributed by atoms with E-state index < -0.39 is 23.8 Å². The molecule has 0 radical (unpaired) electrons. The van der Waals surface area contributed by atoms with Gasteiger partial charge in [0.15, 0.2) is 0 Å². The van der Waals surface area contributed by atoms with E-state index in [0.29, 0.717) is 28.5 Å². The molecule has 3 aromatic heterocycles. The van der Waals surface area contributed by atoms with Crippen molar-refractivity contribution in [2.45, 2.75) is 25.2 Å². The van der Waals surface area contributed by atoms with Crippen molar-refractivity contribution < 1.29 is 13.2 Å². The molecule has 0 spiro atoms. The molecule has 174 valence electrons. The van der Waals surface area contributed by atoms with Crippen LogP contribution in [0.15, 0.2) is 49.1 Å². The summed E-state index contributed by atoms with van der Waals surface area (Å²) in [7, 11) is 0. The molecule has 0 saturated carbocycles. The van der Waals surface area contributed by atoms with Gasteiger partial charge in [-0.3, -0.25) is 4.68 Å². The Balaban J connectivity index is 1.38. The molecule has 1 aromatic carbocycles.